The molecule has 0 aromatic heterocycles. The Morgan fingerprint density at radius 1 is 1.13 bits per heavy atom. The van der Waals surface area contributed by atoms with Gasteiger partial charge in [0.2, 0.25) is 0 Å². The monoisotopic (exact) mass is 425 g/mol. The van der Waals surface area contributed by atoms with Gasteiger partial charge >= 0.3 is 5.97 Å². The van der Waals surface area contributed by atoms with Gasteiger partial charge in [-0.2, -0.15) is 0 Å². The van der Waals surface area contributed by atoms with Crippen molar-refractivity contribution in [1.82, 2.24) is 5.32 Å². The maximum absolute atomic E-state index is 13.5. The fourth-order valence-electron chi connectivity index (χ4n) is 4.43. The van der Waals surface area contributed by atoms with Crippen molar-refractivity contribution < 1.29 is 18.7 Å². The molecule has 2 atom stereocenters. The number of rotatable bonds is 3. The highest BCUT2D eigenvalue weighted by atomic mass is 35.5. The van der Waals surface area contributed by atoms with Gasteiger partial charge in [0.1, 0.15) is 5.82 Å². The summed E-state index contributed by atoms with van der Waals surface area (Å²) in [6, 6.07) is 13.4. The molecule has 1 aliphatic heterocycles. The number of dihydropyridines is 1. The molecular formula is C24H21ClFNO3. The number of hydrogen-bond acceptors (Lipinski definition) is 4. The first-order valence-corrected chi connectivity index (χ1v) is 10.1. The van der Waals surface area contributed by atoms with Crippen molar-refractivity contribution in [2.75, 3.05) is 7.11 Å². The van der Waals surface area contributed by atoms with Crippen LogP contribution >= 0.6 is 11.6 Å². The molecule has 4 rings (SSSR count). The lowest BCUT2D eigenvalue weighted by Crippen LogP contribution is -2.36. The average molecular weight is 426 g/mol. The second-order valence-corrected chi connectivity index (χ2v) is 7.99. The molecule has 6 heteroatoms. The van der Waals surface area contributed by atoms with Crippen LogP contribution in [0, 0.1) is 5.82 Å². The maximum Gasteiger partial charge on any atom is 0.336 e. The van der Waals surface area contributed by atoms with E-state index in [1.807, 2.05) is 24.3 Å². The predicted molar refractivity (Wildman–Crippen MR) is 112 cm³/mol. The molecule has 2 aromatic carbocycles. The lowest BCUT2D eigenvalue weighted by Gasteiger charge is -2.36. The number of allylic oxidation sites excluding steroid dienone is 3. The minimum Gasteiger partial charge on any atom is -0.466 e. The largest absolute Gasteiger partial charge is 0.466 e. The lowest BCUT2D eigenvalue weighted by molar-refractivity contribution is -0.136. The Kier molecular flexibility index (Phi) is 5.48. The van der Waals surface area contributed by atoms with Crippen molar-refractivity contribution in [2.24, 2.45) is 0 Å². The highest BCUT2D eigenvalue weighted by Gasteiger charge is 2.41. The molecule has 154 valence electrons. The average Bonchev–Trinajstić information content (AvgIpc) is 2.73. The number of halogens is 2. The standard InChI is InChI=1S/C24H21ClFNO3/c1-13-21(24(29)30-2)22(14-7-9-16(26)10-8-14)23-19(27-13)11-15(12-20(23)28)17-5-3-4-6-18(17)25/h3-10,15,22,27H,11-12H2,1-2H3/t15-,22-/m0/s1. The Labute approximate surface area is 179 Å². The fraction of sp³-hybridized carbons (Fsp3) is 0.250. The zero-order valence-corrected chi connectivity index (χ0v) is 17.4. The number of ketones is 1. The Hall–Kier alpha value is -2.92. The number of ether oxygens (including phenoxy) is 1. The third-order valence-corrected chi connectivity index (χ3v) is 6.13. The maximum atomic E-state index is 13.5. The molecule has 2 aliphatic rings. The first-order valence-electron chi connectivity index (χ1n) is 9.73. The number of benzene rings is 2. The van der Waals surface area contributed by atoms with Crippen LogP contribution in [-0.2, 0) is 14.3 Å². The molecule has 0 fully saturated rings. The van der Waals surface area contributed by atoms with Crippen molar-refractivity contribution >= 4 is 23.4 Å². The molecule has 0 saturated carbocycles. The first-order chi connectivity index (χ1) is 14.4. The van der Waals surface area contributed by atoms with Crippen molar-refractivity contribution in [3.8, 4) is 0 Å². The van der Waals surface area contributed by atoms with Crippen LogP contribution in [0.4, 0.5) is 4.39 Å². The van der Waals surface area contributed by atoms with Gasteiger partial charge in [0, 0.05) is 34.3 Å². The highest BCUT2D eigenvalue weighted by Crippen LogP contribution is 2.46. The van der Waals surface area contributed by atoms with E-state index in [-0.39, 0.29) is 23.9 Å². The van der Waals surface area contributed by atoms with E-state index in [9.17, 15) is 14.0 Å². The van der Waals surface area contributed by atoms with E-state index < -0.39 is 11.9 Å². The predicted octanol–water partition coefficient (Wildman–Crippen LogP) is 5.01. The summed E-state index contributed by atoms with van der Waals surface area (Å²) >= 11 is 6.38. The number of nitrogens with one attached hydrogen (secondary N) is 1. The summed E-state index contributed by atoms with van der Waals surface area (Å²) < 4.78 is 18.5. The van der Waals surface area contributed by atoms with E-state index in [1.165, 1.54) is 19.2 Å². The van der Waals surface area contributed by atoms with Crippen LogP contribution < -0.4 is 5.32 Å². The number of methoxy groups -OCH3 is 1. The van der Waals surface area contributed by atoms with Crippen molar-refractivity contribution in [2.45, 2.75) is 31.6 Å². The van der Waals surface area contributed by atoms with Crippen molar-refractivity contribution in [3.63, 3.8) is 0 Å². The molecule has 0 amide bonds. The summed E-state index contributed by atoms with van der Waals surface area (Å²) in [5, 5.41) is 3.90. The highest BCUT2D eigenvalue weighted by molar-refractivity contribution is 6.31. The van der Waals surface area contributed by atoms with Crippen LogP contribution in [-0.4, -0.2) is 18.9 Å². The summed E-state index contributed by atoms with van der Waals surface area (Å²) in [5.41, 5.74) is 3.91. The molecule has 1 N–H and O–H groups in total. The molecule has 30 heavy (non-hydrogen) atoms. The molecule has 0 saturated heterocycles. The zero-order valence-electron chi connectivity index (χ0n) is 16.7. The smallest absolute Gasteiger partial charge is 0.336 e. The molecule has 0 spiro atoms. The van der Waals surface area contributed by atoms with Crippen molar-refractivity contribution in [1.29, 1.82) is 0 Å². The van der Waals surface area contributed by atoms with E-state index >= 15 is 0 Å². The zero-order chi connectivity index (χ0) is 21.4. The summed E-state index contributed by atoms with van der Waals surface area (Å²) in [6.45, 7) is 1.79. The SMILES string of the molecule is COC(=O)C1=C(C)NC2=C(C(=O)C[C@@H](c3ccccc3Cl)C2)[C@H]1c1ccc(F)cc1. The third-order valence-electron chi connectivity index (χ3n) is 5.78. The summed E-state index contributed by atoms with van der Waals surface area (Å²) in [7, 11) is 1.31. The topological polar surface area (TPSA) is 55.4 Å². The number of Topliss-reactive ketones (excluding diaryl/α,β-unsaturated/α-hetero) is 1. The molecule has 0 radical (unpaired) electrons. The Balaban J connectivity index is 1.82. The van der Waals surface area contributed by atoms with Gasteiger partial charge in [-0.05, 0) is 48.6 Å². The van der Waals surface area contributed by atoms with Gasteiger partial charge in [-0.25, -0.2) is 9.18 Å². The molecule has 0 unspecified atom stereocenters. The van der Waals surface area contributed by atoms with Gasteiger partial charge in [0.05, 0.1) is 12.7 Å². The van der Waals surface area contributed by atoms with E-state index in [4.69, 9.17) is 16.3 Å². The Bertz CT molecular complexity index is 1090. The molecule has 4 nitrogen and oxygen atoms in total. The molecular weight excluding hydrogens is 405 g/mol. The number of carbonyl (C=O) groups excluding carboxylic acids is 2. The number of esters is 1. The quantitative estimate of drug-likeness (QED) is 0.702. The van der Waals surface area contributed by atoms with Gasteiger partial charge in [-0.15, -0.1) is 0 Å². The van der Waals surface area contributed by atoms with Gasteiger partial charge in [0.25, 0.3) is 0 Å². The third kappa shape index (κ3) is 3.54. The lowest BCUT2D eigenvalue weighted by atomic mass is 9.71. The van der Waals surface area contributed by atoms with Crippen LogP contribution in [0.1, 0.15) is 42.7 Å². The first kappa shape index (κ1) is 20.4. The van der Waals surface area contributed by atoms with E-state index in [0.29, 0.717) is 33.9 Å². The minimum absolute atomic E-state index is 0.0567. The number of hydrogen-bond donors (Lipinski definition) is 1. The van der Waals surface area contributed by atoms with Gasteiger partial charge in [-0.1, -0.05) is 41.9 Å². The van der Waals surface area contributed by atoms with E-state index in [0.717, 1.165) is 11.3 Å². The van der Waals surface area contributed by atoms with Gasteiger partial charge in [-0.3, -0.25) is 4.79 Å². The molecule has 1 aliphatic carbocycles. The van der Waals surface area contributed by atoms with Crippen LogP contribution in [0.25, 0.3) is 0 Å². The van der Waals surface area contributed by atoms with Gasteiger partial charge < -0.3 is 10.1 Å². The number of carbonyl (C=O) groups is 2. The van der Waals surface area contributed by atoms with Crippen LogP contribution in [0.3, 0.4) is 0 Å². The van der Waals surface area contributed by atoms with Crippen LogP contribution in [0.15, 0.2) is 71.1 Å². The van der Waals surface area contributed by atoms with E-state index in [1.54, 1.807) is 19.1 Å². The molecule has 1 heterocycles. The summed E-state index contributed by atoms with van der Waals surface area (Å²) in [4.78, 5) is 25.9. The Morgan fingerprint density at radius 3 is 2.50 bits per heavy atom. The van der Waals surface area contributed by atoms with Crippen LogP contribution in [0.5, 0.6) is 0 Å². The molecule has 0 bridgehead atoms. The van der Waals surface area contributed by atoms with Crippen LogP contribution in [0.2, 0.25) is 5.02 Å². The second kappa shape index (κ2) is 8.07. The second-order valence-electron chi connectivity index (χ2n) is 7.58. The minimum atomic E-state index is -0.603. The molecule has 2 aromatic rings. The normalized spacial score (nSPS) is 21.3. The summed E-state index contributed by atoms with van der Waals surface area (Å²) in [5.74, 6) is -1.61. The van der Waals surface area contributed by atoms with Gasteiger partial charge in [0.15, 0.2) is 5.78 Å². The van der Waals surface area contributed by atoms with E-state index in [2.05, 4.69) is 5.32 Å². The summed E-state index contributed by atoms with van der Waals surface area (Å²) in [6.07, 6.45) is 0.879. The van der Waals surface area contributed by atoms with Crippen molar-refractivity contribution in [3.05, 3.63) is 93.0 Å². The Morgan fingerprint density at radius 2 is 1.83 bits per heavy atom. The fourth-order valence-corrected chi connectivity index (χ4v) is 4.72.